The first-order valence-electron chi connectivity index (χ1n) is 8.68. The highest BCUT2D eigenvalue weighted by atomic mass is 16.2. The Morgan fingerprint density at radius 3 is 2.38 bits per heavy atom. The maximum atomic E-state index is 12.5. The molecule has 1 saturated carbocycles. The largest absolute Gasteiger partial charge is 0.325 e. The summed E-state index contributed by atoms with van der Waals surface area (Å²) in [4.78, 5) is 14.8. The van der Waals surface area contributed by atoms with Gasteiger partial charge in [0.05, 0.1) is 6.54 Å². The lowest BCUT2D eigenvalue weighted by atomic mass is 10.1. The van der Waals surface area contributed by atoms with E-state index in [1.165, 1.54) is 24.0 Å². The highest BCUT2D eigenvalue weighted by molar-refractivity contribution is 5.93. The molecule has 3 nitrogen and oxygen atoms in total. The summed E-state index contributed by atoms with van der Waals surface area (Å²) < 4.78 is 0. The molecule has 1 amide bonds. The van der Waals surface area contributed by atoms with Crippen molar-refractivity contribution < 1.29 is 4.79 Å². The van der Waals surface area contributed by atoms with E-state index in [4.69, 9.17) is 0 Å². The summed E-state index contributed by atoms with van der Waals surface area (Å²) in [5, 5.41) is 3.08. The summed E-state index contributed by atoms with van der Waals surface area (Å²) in [7, 11) is 0. The molecule has 3 rings (SSSR count). The zero-order valence-corrected chi connectivity index (χ0v) is 14.8. The molecule has 0 unspecified atom stereocenters. The molecular formula is C21H26N2O. The van der Waals surface area contributed by atoms with Crippen molar-refractivity contribution in [3.63, 3.8) is 0 Å². The van der Waals surface area contributed by atoms with Crippen molar-refractivity contribution in [3.8, 4) is 0 Å². The molecule has 2 aromatic carbocycles. The van der Waals surface area contributed by atoms with Gasteiger partial charge >= 0.3 is 0 Å². The standard InChI is InChI=1S/C21H26N2O/c1-15-5-8-18(9-6-15)13-23(19-10-11-19)14-21(24)22-20-12-16(2)4-7-17(20)3/h4-9,12,19H,10-11,13-14H2,1-3H3,(H,22,24). The second-order valence-electron chi connectivity index (χ2n) is 6.99. The van der Waals surface area contributed by atoms with Gasteiger partial charge in [0.25, 0.3) is 0 Å². The van der Waals surface area contributed by atoms with Crippen LogP contribution in [0.25, 0.3) is 0 Å². The summed E-state index contributed by atoms with van der Waals surface area (Å²) >= 11 is 0. The number of hydrogen-bond donors (Lipinski definition) is 1. The maximum absolute atomic E-state index is 12.5. The Morgan fingerprint density at radius 2 is 1.71 bits per heavy atom. The van der Waals surface area contributed by atoms with E-state index < -0.39 is 0 Å². The van der Waals surface area contributed by atoms with Crippen LogP contribution in [0.3, 0.4) is 0 Å². The van der Waals surface area contributed by atoms with Crippen molar-refractivity contribution in [1.82, 2.24) is 4.90 Å². The van der Waals surface area contributed by atoms with E-state index in [0.29, 0.717) is 12.6 Å². The third-order valence-electron chi connectivity index (χ3n) is 4.58. The lowest BCUT2D eigenvalue weighted by Gasteiger charge is -2.22. The Hall–Kier alpha value is -2.13. The van der Waals surface area contributed by atoms with Crippen LogP contribution in [-0.2, 0) is 11.3 Å². The molecule has 126 valence electrons. The van der Waals surface area contributed by atoms with Crippen LogP contribution in [-0.4, -0.2) is 23.4 Å². The Morgan fingerprint density at radius 1 is 1.04 bits per heavy atom. The summed E-state index contributed by atoms with van der Waals surface area (Å²) in [5.41, 5.74) is 5.72. The van der Waals surface area contributed by atoms with Crippen LogP contribution in [0.4, 0.5) is 5.69 Å². The van der Waals surface area contributed by atoms with Crippen molar-refractivity contribution >= 4 is 11.6 Å². The number of hydrogen-bond acceptors (Lipinski definition) is 2. The quantitative estimate of drug-likeness (QED) is 0.864. The van der Waals surface area contributed by atoms with E-state index in [0.717, 1.165) is 23.4 Å². The molecule has 1 fully saturated rings. The fourth-order valence-electron chi connectivity index (χ4n) is 2.93. The van der Waals surface area contributed by atoms with Gasteiger partial charge in [-0.15, -0.1) is 0 Å². The van der Waals surface area contributed by atoms with Gasteiger partial charge in [-0.05, 0) is 56.4 Å². The number of carbonyl (C=O) groups is 1. The minimum absolute atomic E-state index is 0.0720. The molecule has 1 aliphatic rings. The molecule has 0 spiro atoms. The van der Waals surface area contributed by atoms with E-state index in [-0.39, 0.29) is 5.91 Å². The van der Waals surface area contributed by atoms with E-state index >= 15 is 0 Å². The number of nitrogens with zero attached hydrogens (tertiary/aromatic N) is 1. The number of carbonyl (C=O) groups excluding carboxylic acids is 1. The first-order chi connectivity index (χ1) is 11.5. The normalized spacial score (nSPS) is 14.0. The lowest BCUT2D eigenvalue weighted by Crippen LogP contribution is -2.34. The molecular weight excluding hydrogens is 296 g/mol. The SMILES string of the molecule is Cc1ccc(CN(CC(=O)Nc2cc(C)ccc2C)C2CC2)cc1. The predicted octanol–water partition coefficient (Wildman–Crippen LogP) is 4.21. The average Bonchev–Trinajstić information content (AvgIpc) is 3.37. The monoisotopic (exact) mass is 322 g/mol. The Balaban J connectivity index is 1.63. The van der Waals surface area contributed by atoms with Crippen LogP contribution < -0.4 is 5.32 Å². The number of benzene rings is 2. The van der Waals surface area contributed by atoms with E-state index in [2.05, 4.69) is 53.5 Å². The van der Waals surface area contributed by atoms with Crippen molar-refractivity contribution in [2.45, 2.75) is 46.2 Å². The molecule has 0 bridgehead atoms. The molecule has 0 saturated heterocycles. The molecule has 0 aromatic heterocycles. The number of anilines is 1. The van der Waals surface area contributed by atoms with Gasteiger partial charge in [0.15, 0.2) is 0 Å². The lowest BCUT2D eigenvalue weighted by molar-refractivity contribution is -0.117. The molecule has 2 aromatic rings. The van der Waals surface area contributed by atoms with Crippen molar-refractivity contribution in [1.29, 1.82) is 0 Å². The van der Waals surface area contributed by atoms with E-state index in [9.17, 15) is 4.79 Å². The van der Waals surface area contributed by atoms with Crippen LogP contribution in [0.5, 0.6) is 0 Å². The number of aryl methyl sites for hydroxylation is 3. The van der Waals surface area contributed by atoms with Crippen molar-refractivity contribution in [2.24, 2.45) is 0 Å². The topological polar surface area (TPSA) is 32.3 Å². The molecule has 0 radical (unpaired) electrons. The highest BCUT2D eigenvalue weighted by Crippen LogP contribution is 2.28. The van der Waals surface area contributed by atoms with Crippen LogP contribution in [0.1, 0.15) is 35.1 Å². The number of amides is 1. The van der Waals surface area contributed by atoms with Gasteiger partial charge in [0.1, 0.15) is 0 Å². The van der Waals surface area contributed by atoms with Gasteiger partial charge < -0.3 is 5.32 Å². The zero-order valence-electron chi connectivity index (χ0n) is 14.8. The zero-order chi connectivity index (χ0) is 17.1. The van der Waals surface area contributed by atoms with E-state index in [1.54, 1.807) is 0 Å². The fraction of sp³-hybridized carbons (Fsp3) is 0.381. The van der Waals surface area contributed by atoms with Gasteiger partial charge in [0, 0.05) is 18.3 Å². The highest BCUT2D eigenvalue weighted by Gasteiger charge is 2.30. The molecule has 0 aliphatic heterocycles. The third kappa shape index (κ3) is 4.45. The molecule has 24 heavy (non-hydrogen) atoms. The van der Waals surface area contributed by atoms with Crippen LogP contribution >= 0.6 is 0 Å². The second-order valence-corrected chi connectivity index (χ2v) is 6.99. The van der Waals surface area contributed by atoms with Gasteiger partial charge in [0.2, 0.25) is 5.91 Å². The fourth-order valence-corrected chi connectivity index (χ4v) is 2.93. The van der Waals surface area contributed by atoms with Crippen LogP contribution in [0.15, 0.2) is 42.5 Å². The predicted molar refractivity (Wildman–Crippen MR) is 99.2 cm³/mol. The second kappa shape index (κ2) is 7.18. The summed E-state index contributed by atoms with van der Waals surface area (Å²) in [6, 6.07) is 15.3. The third-order valence-corrected chi connectivity index (χ3v) is 4.58. The summed E-state index contributed by atoms with van der Waals surface area (Å²) in [6.07, 6.45) is 2.39. The van der Waals surface area contributed by atoms with Crippen LogP contribution in [0, 0.1) is 20.8 Å². The Bertz CT molecular complexity index is 717. The Kier molecular flexibility index (Phi) is 5.00. The Labute approximate surface area is 144 Å². The molecule has 3 heteroatoms. The van der Waals surface area contributed by atoms with Gasteiger partial charge in [-0.2, -0.15) is 0 Å². The number of nitrogens with one attached hydrogen (secondary N) is 1. The molecule has 0 heterocycles. The first-order valence-corrected chi connectivity index (χ1v) is 8.68. The van der Waals surface area contributed by atoms with Crippen LogP contribution in [0.2, 0.25) is 0 Å². The maximum Gasteiger partial charge on any atom is 0.238 e. The minimum atomic E-state index is 0.0720. The van der Waals surface area contributed by atoms with Gasteiger partial charge in [-0.1, -0.05) is 42.0 Å². The molecule has 1 aliphatic carbocycles. The number of rotatable bonds is 6. The summed E-state index contributed by atoms with van der Waals surface area (Å²) in [6.45, 7) is 7.46. The molecule has 1 N–H and O–H groups in total. The summed E-state index contributed by atoms with van der Waals surface area (Å²) in [5.74, 6) is 0.0720. The van der Waals surface area contributed by atoms with Crippen molar-refractivity contribution in [3.05, 3.63) is 64.7 Å². The van der Waals surface area contributed by atoms with Gasteiger partial charge in [-0.25, -0.2) is 0 Å². The van der Waals surface area contributed by atoms with Gasteiger partial charge in [-0.3, -0.25) is 9.69 Å². The molecule has 0 atom stereocenters. The average molecular weight is 322 g/mol. The van der Waals surface area contributed by atoms with E-state index in [1.807, 2.05) is 19.9 Å². The minimum Gasteiger partial charge on any atom is -0.325 e. The van der Waals surface area contributed by atoms with Crippen molar-refractivity contribution in [2.75, 3.05) is 11.9 Å². The smallest absolute Gasteiger partial charge is 0.238 e. The first kappa shape index (κ1) is 16.7.